The molecule has 0 radical (unpaired) electrons. The molecule has 3 N–H and O–H groups in total. The van der Waals surface area contributed by atoms with Crippen LogP contribution in [0.25, 0.3) is 27.6 Å². The molecule has 3 aliphatic rings. The quantitative estimate of drug-likeness (QED) is 0.227. The number of aromatic amines is 1. The number of halogens is 2. The second kappa shape index (κ2) is 14.4. The Morgan fingerprint density at radius 1 is 1.00 bits per heavy atom. The van der Waals surface area contributed by atoms with Gasteiger partial charge in [-0.2, -0.15) is 0 Å². The summed E-state index contributed by atoms with van der Waals surface area (Å²) in [7, 11) is 1.47. The zero-order valence-corrected chi connectivity index (χ0v) is 28.9. The van der Waals surface area contributed by atoms with Gasteiger partial charge in [-0.25, -0.2) is 13.8 Å². The Morgan fingerprint density at radius 2 is 1.82 bits per heavy atom. The van der Waals surface area contributed by atoms with Crippen molar-refractivity contribution < 1.29 is 23.1 Å². The maximum atomic E-state index is 16.8. The Morgan fingerprint density at radius 3 is 2.57 bits per heavy atom. The van der Waals surface area contributed by atoms with E-state index in [9.17, 15) is 14.0 Å². The lowest BCUT2D eigenvalue weighted by Gasteiger charge is -2.35. The highest BCUT2D eigenvalue weighted by molar-refractivity contribution is 6.05. The molecule has 0 bridgehead atoms. The van der Waals surface area contributed by atoms with Crippen LogP contribution in [0.4, 0.5) is 14.6 Å². The Kier molecular flexibility index (Phi) is 9.58. The second-order valence-corrected chi connectivity index (χ2v) is 13.2. The number of carbonyl (C=O) groups is 2. The van der Waals surface area contributed by atoms with Gasteiger partial charge in [0.1, 0.15) is 11.5 Å². The fraction of sp³-hybridized carbons (Fsp3) is 0.351. The molecule has 7 rings (SSSR count). The lowest BCUT2D eigenvalue weighted by molar-refractivity contribution is -0.131. The van der Waals surface area contributed by atoms with Crippen LogP contribution in [-0.2, 0) is 4.79 Å². The Labute approximate surface area is 294 Å². The van der Waals surface area contributed by atoms with Gasteiger partial charge in [-0.3, -0.25) is 19.6 Å². The number of rotatable bonds is 9. The van der Waals surface area contributed by atoms with Gasteiger partial charge >= 0.3 is 0 Å². The first-order chi connectivity index (χ1) is 24.7. The van der Waals surface area contributed by atoms with Crippen LogP contribution >= 0.6 is 0 Å². The highest BCUT2D eigenvalue weighted by Gasteiger charge is 2.29. The molecule has 0 atom stereocenters. The molecular formula is C37H41F2N9O3. The summed E-state index contributed by atoms with van der Waals surface area (Å²) >= 11 is 0. The van der Waals surface area contributed by atoms with Crippen molar-refractivity contribution in [3.63, 3.8) is 0 Å². The predicted molar refractivity (Wildman–Crippen MR) is 190 cm³/mol. The number of hydrogen-bond acceptors (Lipinski definition) is 9. The minimum absolute atomic E-state index is 0.0119. The van der Waals surface area contributed by atoms with Crippen LogP contribution in [-0.4, -0.2) is 94.5 Å². The number of benzene rings is 1. The van der Waals surface area contributed by atoms with Gasteiger partial charge in [0.25, 0.3) is 5.91 Å². The molecule has 51 heavy (non-hydrogen) atoms. The van der Waals surface area contributed by atoms with Crippen LogP contribution in [0.2, 0.25) is 0 Å². The average Bonchev–Trinajstić information content (AvgIpc) is 3.85. The summed E-state index contributed by atoms with van der Waals surface area (Å²) in [6.07, 6.45) is 11.2. The fourth-order valence-electron chi connectivity index (χ4n) is 6.98. The zero-order valence-electron chi connectivity index (χ0n) is 28.9. The van der Waals surface area contributed by atoms with E-state index in [1.54, 1.807) is 33.3 Å². The molecule has 0 aliphatic carbocycles. The lowest BCUT2D eigenvalue weighted by Crippen LogP contribution is -2.49. The Hall–Kier alpha value is -5.50. The van der Waals surface area contributed by atoms with Crippen molar-refractivity contribution in [2.75, 3.05) is 57.8 Å². The van der Waals surface area contributed by atoms with Crippen molar-refractivity contribution >= 4 is 34.1 Å². The highest BCUT2D eigenvalue weighted by atomic mass is 19.1. The number of amides is 2. The third-order valence-corrected chi connectivity index (χ3v) is 9.69. The van der Waals surface area contributed by atoms with E-state index in [1.165, 1.54) is 13.2 Å². The van der Waals surface area contributed by atoms with E-state index in [2.05, 4.69) is 39.8 Å². The maximum Gasteiger partial charge on any atom is 0.270 e. The molecule has 14 heteroatoms. The van der Waals surface area contributed by atoms with Crippen molar-refractivity contribution in [2.45, 2.75) is 32.6 Å². The average molecular weight is 698 g/mol. The van der Waals surface area contributed by atoms with Crippen LogP contribution in [0, 0.1) is 11.6 Å². The fourth-order valence-corrected chi connectivity index (χ4v) is 6.98. The Bertz CT molecular complexity index is 2020. The van der Waals surface area contributed by atoms with Gasteiger partial charge in [-0.15, -0.1) is 5.53 Å². The smallest absolute Gasteiger partial charge is 0.270 e. The first-order valence-corrected chi connectivity index (χ1v) is 17.2. The SMILES string of the molecule is COc1cc(F)cnc1N1CCN(C(=O)c2cc3c(-c4ccncc4C(C)C)cc(C4=CCCN(C(=O)CCN5C=CNN5)C4)c(F)c3[nH]2)CC1. The predicted octanol–water partition coefficient (Wildman–Crippen LogP) is 4.80. The molecule has 0 spiro atoms. The monoisotopic (exact) mass is 697 g/mol. The molecule has 3 aliphatic heterocycles. The van der Waals surface area contributed by atoms with Gasteiger partial charge in [0.15, 0.2) is 17.4 Å². The van der Waals surface area contributed by atoms with Gasteiger partial charge in [0.2, 0.25) is 5.91 Å². The number of ether oxygens (including phenoxy) is 1. The van der Waals surface area contributed by atoms with Crippen molar-refractivity contribution in [2.24, 2.45) is 0 Å². The van der Waals surface area contributed by atoms with Crippen LogP contribution in [0.15, 0.2) is 61.3 Å². The number of aromatic nitrogens is 3. The van der Waals surface area contributed by atoms with Gasteiger partial charge in [0, 0.05) is 94.0 Å². The number of H-pyrrole nitrogens is 1. The topological polar surface area (TPSA) is 122 Å². The van der Waals surface area contributed by atoms with E-state index in [0.29, 0.717) is 74.6 Å². The number of fused-ring (bicyclic) bond motifs is 1. The molecular weight excluding hydrogens is 656 g/mol. The van der Waals surface area contributed by atoms with Crippen LogP contribution in [0.3, 0.4) is 0 Å². The normalized spacial score (nSPS) is 16.2. The first-order valence-electron chi connectivity index (χ1n) is 17.2. The molecule has 6 heterocycles. The molecule has 0 saturated carbocycles. The minimum Gasteiger partial charge on any atom is -0.493 e. The molecule has 2 amide bonds. The summed E-state index contributed by atoms with van der Waals surface area (Å²) in [6, 6.07) is 6.81. The van der Waals surface area contributed by atoms with Gasteiger partial charge in [-0.05, 0) is 52.8 Å². The number of hydrogen-bond donors (Lipinski definition) is 3. The number of anilines is 1. The zero-order chi connectivity index (χ0) is 35.6. The Balaban J connectivity index is 1.19. The summed E-state index contributed by atoms with van der Waals surface area (Å²) in [5.41, 5.74) is 10.1. The molecule has 12 nitrogen and oxygen atoms in total. The number of methoxy groups -OCH3 is 1. The van der Waals surface area contributed by atoms with Gasteiger partial charge in [0.05, 0.1) is 18.8 Å². The molecule has 1 saturated heterocycles. The van der Waals surface area contributed by atoms with E-state index in [-0.39, 0.29) is 35.5 Å². The number of hydrazine groups is 2. The van der Waals surface area contributed by atoms with Crippen LogP contribution < -0.4 is 20.6 Å². The van der Waals surface area contributed by atoms with Crippen molar-refractivity contribution in [3.05, 3.63) is 89.8 Å². The van der Waals surface area contributed by atoms with E-state index in [4.69, 9.17) is 4.74 Å². The van der Waals surface area contributed by atoms with Crippen molar-refractivity contribution in [1.29, 1.82) is 0 Å². The number of carbonyl (C=O) groups excluding carboxylic acids is 2. The highest BCUT2D eigenvalue weighted by Crippen LogP contribution is 2.39. The van der Waals surface area contributed by atoms with E-state index in [1.807, 2.05) is 35.5 Å². The van der Waals surface area contributed by atoms with Crippen molar-refractivity contribution in [1.82, 2.24) is 40.7 Å². The summed E-state index contributed by atoms with van der Waals surface area (Å²) < 4.78 is 35.8. The first kappa shape index (κ1) is 34.0. The van der Waals surface area contributed by atoms with Crippen molar-refractivity contribution in [3.8, 4) is 16.9 Å². The van der Waals surface area contributed by atoms with E-state index >= 15 is 4.39 Å². The lowest BCUT2D eigenvalue weighted by atomic mass is 9.89. The maximum absolute atomic E-state index is 16.8. The summed E-state index contributed by atoms with van der Waals surface area (Å²) in [4.78, 5) is 44.4. The van der Waals surface area contributed by atoms with Gasteiger partial charge in [-0.1, -0.05) is 19.9 Å². The molecule has 4 aromatic rings. The minimum atomic E-state index is -0.489. The van der Waals surface area contributed by atoms with Gasteiger partial charge < -0.3 is 29.8 Å². The summed E-state index contributed by atoms with van der Waals surface area (Å²) in [5.74, 6) is -0.230. The number of piperazine rings is 1. The molecule has 1 aromatic carbocycles. The number of pyridine rings is 2. The largest absolute Gasteiger partial charge is 0.493 e. The molecule has 0 unspecified atom stereocenters. The standard InChI is InChI=1S/C37H41F2N9O3/c1-23(2)30-21-40-8-6-26(30)28-18-27(24-5-4-10-47(22-24)33(49)7-11-48-12-9-42-44-48)34(39)35-29(28)19-31(43-35)37(50)46-15-13-45(14-16-46)36-32(51-3)17-25(38)20-41-36/h5-6,8-9,12,17-21,23,42-44H,4,7,10-11,13-16,22H2,1-3H3. The van der Waals surface area contributed by atoms with E-state index < -0.39 is 11.6 Å². The third kappa shape index (κ3) is 6.83. The second-order valence-electron chi connectivity index (χ2n) is 13.2. The van der Waals surface area contributed by atoms with Crippen LogP contribution in [0.5, 0.6) is 5.75 Å². The summed E-state index contributed by atoms with van der Waals surface area (Å²) in [5, 5.41) is 2.39. The van der Waals surface area contributed by atoms with Crippen LogP contribution in [0.1, 0.15) is 54.2 Å². The molecule has 266 valence electrons. The van der Waals surface area contributed by atoms with E-state index in [0.717, 1.165) is 28.5 Å². The number of nitrogens with zero attached hydrogens (tertiary/aromatic N) is 6. The summed E-state index contributed by atoms with van der Waals surface area (Å²) in [6.45, 7) is 7.19. The molecule has 3 aromatic heterocycles. The third-order valence-electron chi connectivity index (χ3n) is 9.69. The number of nitrogens with one attached hydrogen (secondary N) is 3. The molecule has 1 fully saturated rings.